The van der Waals surface area contributed by atoms with Crippen LogP contribution >= 0.6 is 0 Å². The number of hydrogen-bond donors (Lipinski definition) is 0. The van der Waals surface area contributed by atoms with Gasteiger partial charge in [-0.2, -0.15) is 0 Å². The van der Waals surface area contributed by atoms with E-state index in [2.05, 4.69) is 13.2 Å². The van der Waals surface area contributed by atoms with Crippen molar-refractivity contribution in [3.8, 4) is 0 Å². The van der Waals surface area contributed by atoms with Gasteiger partial charge < -0.3 is 0 Å². The van der Waals surface area contributed by atoms with Crippen molar-refractivity contribution >= 4 is 27.7 Å². The molecule has 0 atom stereocenters. The minimum Gasteiger partial charge on any atom is -0.290 e. The summed E-state index contributed by atoms with van der Waals surface area (Å²) >= 11 is 0. The lowest BCUT2D eigenvalue weighted by molar-refractivity contribution is -0.114. The van der Waals surface area contributed by atoms with Crippen molar-refractivity contribution < 1.29 is 9.59 Å². The van der Waals surface area contributed by atoms with Gasteiger partial charge in [-0.3, -0.25) is 9.59 Å². The van der Waals surface area contributed by atoms with Gasteiger partial charge in [0.2, 0.25) is 0 Å². The van der Waals surface area contributed by atoms with E-state index >= 15 is 0 Å². The summed E-state index contributed by atoms with van der Waals surface area (Å²) in [5, 5.41) is 1.31. The summed E-state index contributed by atoms with van der Waals surface area (Å²) in [5.41, 5.74) is 3.66. The molecule has 0 fully saturated rings. The predicted molar refractivity (Wildman–Crippen MR) is 81.5 cm³/mol. The Labute approximate surface area is 111 Å². The number of allylic oxidation sites excluding steroid dienone is 4. The zero-order valence-corrected chi connectivity index (χ0v) is 13.5. The van der Waals surface area contributed by atoms with Crippen LogP contribution in [0.1, 0.15) is 0 Å². The number of hydrogen-bond acceptors (Lipinski definition) is 2. The molecule has 0 saturated heterocycles. The summed E-state index contributed by atoms with van der Waals surface area (Å²) in [4.78, 5) is 24.4. The van der Waals surface area contributed by atoms with Crippen molar-refractivity contribution in [3.63, 3.8) is 0 Å². The third kappa shape index (κ3) is 2.59. The molecule has 1 rings (SSSR count). The van der Waals surface area contributed by atoms with Crippen molar-refractivity contribution in [3.05, 3.63) is 47.1 Å². The molecule has 0 aromatic carbocycles. The average molecular weight is 276 g/mol. The molecule has 0 bridgehead atoms. The second-order valence-corrected chi connectivity index (χ2v) is 14.5. The van der Waals surface area contributed by atoms with E-state index in [4.69, 9.17) is 0 Å². The van der Waals surface area contributed by atoms with Crippen LogP contribution in [0.15, 0.2) is 47.1 Å². The first kappa shape index (κ1) is 14.8. The molecule has 0 aliphatic heterocycles. The fourth-order valence-electron chi connectivity index (χ4n) is 1.79. The Morgan fingerprint density at radius 1 is 0.833 bits per heavy atom. The number of carbonyl (C=O) groups is 2. The summed E-state index contributed by atoms with van der Waals surface area (Å²) in [7, 11) is -3.96. The highest BCUT2D eigenvalue weighted by Gasteiger charge is 2.35. The van der Waals surface area contributed by atoms with Gasteiger partial charge in [0.15, 0.2) is 11.6 Å². The van der Waals surface area contributed by atoms with E-state index in [0.29, 0.717) is 10.4 Å². The van der Waals surface area contributed by atoms with Crippen LogP contribution < -0.4 is 0 Å². The van der Waals surface area contributed by atoms with Crippen LogP contribution in [0, 0.1) is 0 Å². The fourth-order valence-corrected chi connectivity index (χ4v) is 4.65. The van der Waals surface area contributed by atoms with Gasteiger partial charge in [-0.05, 0) is 22.5 Å². The van der Waals surface area contributed by atoms with E-state index < -0.39 is 16.1 Å². The minimum absolute atomic E-state index is 0.0245. The average Bonchev–Trinajstić information content (AvgIpc) is 2.31. The van der Waals surface area contributed by atoms with Crippen molar-refractivity contribution in [1.29, 1.82) is 0 Å². The van der Waals surface area contributed by atoms with E-state index in [-0.39, 0.29) is 11.6 Å². The van der Waals surface area contributed by atoms with Crippen LogP contribution in [0.25, 0.3) is 0 Å². The van der Waals surface area contributed by atoms with Gasteiger partial charge in [0.25, 0.3) is 0 Å². The standard InChI is InChI=1S/C14H20O2Si2/c1-7-17(3,4)13-9-12(16)14(10-11(13)15)18(5,6)8-2/h7-10H,1-2H2,3-6H3. The molecule has 4 heteroatoms. The highest BCUT2D eigenvalue weighted by atomic mass is 28.3. The number of rotatable bonds is 4. The summed E-state index contributed by atoms with van der Waals surface area (Å²) in [6.45, 7) is 15.6. The monoisotopic (exact) mass is 276 g/mol. The van der Waals surface area contributed by atoms with Crippen LogP contribution in [0.4, 0.5) is 0 Å². The third-order valence-electron chi connectivity index (χ3n) is 3.49. The van der Waals surface area contributed by atoms with Crippen molar-refractivity contribution in [2.24, 2.45) is 0 Å². The van der Waals surface area contributed by atoms with Gasteiger partial charge in [0, 0.05) is 0 Å². The number of carbonyl (C=O) groups excluding carboxylic acids is 2. The molecule has 0 aromatic rings. The van der Waals surface area contributed by atoms with Crippen molar-refractivity contribution in [2.75, 3.05) is 0 Å². The molecule has 1 aliphatic carbocycles. The highest BCUT2D eigenvalue weighted by molar-refractivity contribution is 6.96. The lowest BCUT2D eigenvalue weighted by atomic mass is 10.1. The van der Waals surface area contributed by atoms with E-state index in [1.807, 2.05) is 37.6 Å². The lowest BCUT2D eigenvalue weighted by Crippen LogP contribution is -2.38. The molecule has 0 saturated carbocycles. The number of ketones is 2. The van der Waals surface area contributed by atoms with Crippen LogP contribution in [-0.2, 0) is 9.59 Å². The van der Waals surface area contributed by atoms with Crippen LogP contribution in [-0.4, -0.2) is 27.7 Å². The van der Waals surface area contributed by atoms with Gasteiger partial charge >= 0.3 is 0 Å². The topological polar surface area (TPSA) is 34.1 Å². The zero-order valence-electron chi connectivity index (χ0n) is 11.5. The van der Waals surface area contributed by atoms with Gasteiger partial charge in [-0.25, -0.2) is 0 Å². The molecule has 18 heavy (non-hydrogen) atoms. The maximum absolute atomic E-state index is 12.2. The Morgan fingerprint density at radius 2 is 1.11 bits per heavy atom. The first-order valence-corrected chi connectivity index (χ1v) is 12.1. The highest BCUT2D eigenvalue weighted by Crippen LogP contribution is 2.27. The first-order chi connectivity index (χ1) is 8.15. The molecule has 0 heterocycles. The summed E-state index contributed by atoms with van der Waals surface area (Å²) < 4.78 is 0. The first-order valence-electron chi connectivity index (χ1n) is 5.96. The molecule has 0 unspecified atom stereocenters. The molecule has 0 spiro atoms. The molecular formula is C14H20O2Si2. The maximum atomic E-state index is 12.2. The Balaban J connectivity index is 3.25. The molecule has 1 aliphatic rings. The van der Waals surface area contributed by atoms with Gasteiger partial charge in [-0.15, -0.1) is 13.2 Å². The van der Waals surface area contributed by atoms with Crippen LogP contribution in [0.3, 0.4) is 0 Å². The maximum Gasteiger partial charge on any atom is 0.178 e. The van der Waals surface area contributed by atoms with Crippen LogP contribution in [0.5, 0.6) is 0 Å². The fraction of sp³-hybridized carbons (Fsp3) is 0.286. The molecule has 0 aromatic heterocycles. The van der Waals surface area contributed by atoms with E-state index in [9.17, 15) is 9.59 Å². The van der Waals surface area contributed by atoms with Crippen LogP contribution in [0.2, 0.25) is 26.2 Å². The lowest BCUT2D eigenvalue weighted by Gasteiger charge is -2.26. The molecular weight excluding hydrogens is 256 g/mol. The Kier molecular flexibility index (Phi) is 3.93. The van der Waals surface area contributed by atoms with Gasteiger partial charge in [0.1, 0.15) is 16.1 Å². The summed E-state index contributed by atoms with van der Waals surface area (Å²) in [6, 6.07) is 0. The molecule has 0 amide bonds. The second-order valence-electron chi connectivity index (χ2n) is 5.70. The normalized spacial score (nSPS) is 17.1. The van der Waals surface area contributed by atoms with Crippen molar-refractivity contribution in [2.45, 2.75) is 26.2 Å². The smallest absolute Gasteiger partial charge is 0.178 e. The third-order valence-corrected chi connectivity index (χ3v) is 9.09. The minimum atomic E-state index is -1.98. The van der Waals surface area contributed by atoms with Gasteiger partial charge in [0.05, 0.1) is 0 Å². The molecule has 96 valence electrons. The summed E-state index contributed by atoms with van der Waals surface area (Å²) in [6.07, 6.45) is 3.06. The molecule has 0 N–H and O–H groups in total. The molecule has 2 nitrogen and oxygen atoms in total. The predicted octanol–water partition coefficient (Wildman–Crippen LogP) is 2.94. The van der Waals surface area contributed by atoms with E-state index in [0.717, 1.165) is 0 Å². The SMILES string of the molecule is C=C[Si](C)(C)C1=CC(=O)C([Si](C)(C)C=C)=CC1=O. The quantitative estimate of drug-likeness (QED) is 0.584. The molecule has 0 radical (unpaired) electrons. The Hall–Kier alpha value is -1.27. The van der Waals surface area contributed by atoms with E-state index in [1.165, 1.54) is 12.2 Å². The Morgan fingerprint density at radius 3 is 1.33 bits per heavy atom. The van der Waals surface area contributed by atoms with Crippen molar-refractivity contribution in [1.82, 2.24) is 0 Å². The largest absolute Gasteiger partial charge is 0.290 e. The second kappa shape index (κ2) is 4.78. The zero-order chi connectivity index (χ0) is 14.1. The van der Waals surface area contributed by atoms with Gasteiger partial charge in [-0.1, -0.05) is 37.6 Å². The van der Waals surface area contributed by atoms with E-state index in [1.54, 1.807) is 0 Å². The summed E-state index contributed by atoms with van der Waals surface area (Å²) in [5.74, 6) is -0.0489. The Bertz CT molecular complexity index is 448.